The number of carbonyl (C=O) groups is 9. The number of ether oxygens (including phenoxy) is 1. The van der Waals surface area contributed by atoms with Crippen molar-refractivity contribution in [2.75, 3.05) is 13.2 Å². The maximum atomic E-state index is 14.6. The monoisotopic (exact) mass is 975 g/mol. The van der Waals surface area contributed by atoms with Crippen molar-refractivity contribution in [3.63, 3.8) is 0 Å². The number of aliphatic hydroxyl groups is 1. The lowest BCUT2D eigenvalue weighted by atomic mass is 9.85. The van der Waals surface area contributed by atoms with Crippen LogP contribution in [-0.4, -0.2) is 107 Å². The molecule has 7 amide bonds. The summed E-state index contributed by atoms with van der Waals surface area (Å²) < 4.78 is 5.88. The van der Waals surface area contributed by atoms with E-state index in [1.165, 1.54) is 11.3 Å². The van der Waals surface area contributed by atoms with Crippen LogP contribution >= 0.6 is 11.3 Å². The average molecular weight is 976 g/mol. The van der Waals surface area contributed by atoms with Crippen LogP contribution in [-0.2, 0) is 56.1 Å². The van der Waals surface area contributed by atoms with Gasteiger partial charge in [0.2, 0.25) is 41.2 Å². The number of primary amides is 1. The summed E-state index contributed by atoms with van der Waals surface area (Å²) in [6, 6.07) is 11.4. The number of unbranched alkanes of at least 4 members (excludes halogenated alkanes) is 1. The van der Waals surface area contributed by atoms with E-state index in [2.05, 4.69) is 31.9 Å². The fraction of sp³-hybridized carbons (Fsp3) is 0.500. The van der Waals surface area contributed by atoms with Gasteiger partial charge in [-0.25, -0.2) is 0 Å². The largest absolute Gasteiger partial charge is 0.394 e. The first-order valence-corrected chi connectivity index (χ1v) is 24.0. The number of hydrogen-bond acceptors (Lipinski definition) is 12. The van der Waals surface area contributed by atoms with Crippen LogP contribution in [0.2, 0.25) is 0 Å². The minimum atomic E-state index is -1.52. The van der Waals surface area contributed by atoms with Crippen molar-refractivity contribution in [1.82, 2.24) is 31.9 Å². The molecule has 1 aromatic heterocycles. The van der Waals surface area contributed by atoms with E-state index in [0.717, 1.165) is 11.1 Å². The Morgan fingerprint density at radius 2 is 1.29 bits per heavy atom. The Labute approximate surface area is 408 Å². The lowest BCUT2D eigenvalue weighted by Gasteiger charge is -2.34. The Morgan fingerprint density at radius 3 is 1.88 bits per heavy atom. The number of hydrogen-bond donors (Lipinski definition) is 8. The molecule has 69 heavy (non-hydrogen) atoms. The van der Waals surface area contributed by atoms with Crippen LogP contribution in [0.3, 0.4) is 0 Å². The molecule has 0 saturated carbocycles. The third-order valence-electron chi connectivity index (χ3n) is 11.0. The molecule has 6 atom stereocenters. The minimum Gasteiger partial charge on any atom is -0.394 e. The van der Waals surface area contributed by atoms with Gasteiger partial charge in [0.15, 0.2) is 5.78 Å². The normalized spacial score (nSPS) is 13.9. The number of nitrogens with two attached hydrogens (primary N) is 1. The summed E-state index contributed by atoms with van der Waals surface area (Å²) in [6.07, 6.45) is 1.00. The van der Waals surface area contributed by atoms with Crippen molar-refractivity contribution in [3.05, 3.63) is 93.7 Å². The van der Waals surface area contributed by atoms with Gasteiger partial charge >= 0.3 is 0 Å². The molecule has 3 rings (SSSR count). The molecule has 18 nitrogen and oxygen atoms in total. The molecular weight excluding hydrogens is 907 g/mol. The molecule has 0 aliphatic carbocycles. The summed E-state index contributed by atoms with van der Waals surface area (Å²) in [5.41, 5.74) is 6.52. The molecule has 0 spiro atoms. The zero-order chi connectivity index (χ0) is 51.3. The van der Waals surface area contributed by atoms with E-state index in [9.17, 15) is 48.3 Å². The Kier molecular flexibility index (Phi) is 23.3. The van der Waals surface area contributed by atoms with Crippen molar-refractivity contribution >= 4 is 64.3 Å². The molecular formula is C50H69N7O11S. The first kappa shape index (κ1) is 57.0. The van der Waals surface area contributed by atoms with Gasteiger partial charge in [0.1, 0.15) is 30.2 Å². The van der Waals surface area contributed by atoms with E-state index in [1.54, 1.807) is 80.7 Å². The maximum absolute atomic E-state index is 14.6. The molecule has 0 radical (unpaired) electrons. The first-order valence-electron chi connectivity index (χ1n) is 23.1. The highest BCUT2D eigenvalue weighted by Crippen LogP contribution is 2.21. The van der Waals surface area contributed by atoms with Gasteiger partial charge in [-0.2, -0.15) is 0 Å². The number of Topliss-reactive ketones (excluding diaryl/α,β-unsaturated/α-hetero) is 2. The van der Waals surface area contributed by atoms with Crippen LogP contribution in [0.25, 0.3) is 0 Å². The number of aliphatic hydroxyl groups excluding tert-OH is 1. The predicted molar refractivity (Wildman–Crippen MR) is 260 cm³/mol. The van der Waals surface area contributed by atoms with Crippen LogP contribution in [0.4, 0.5) is 0 Å². The van der Waals surface area contributed by atoms with Gasteiger partial charge in [-0.05, 0) is 59.2 Å². The van der Waals surface area contributed by atoms with Crippen LogP contribution in [0.15, 0.2) is 72.1 Å². The van der Waals surface area contributed by atoms with Crippen LogP contribution in [0.1, 0.15) is 106 Å². The van der Waals surface area contributed by atoms with Gasteiger partial charge in [-0.1, -0.05) is 115 Å². The molecule has 2 aromatic carbocycles. The number of nitrogens with one attached hydrogen (secondary N) is 6. The van der Waals surface area contributed by atoms with E-state index >= 15 is 0 Å². The second kappa shape index (κ2) is 28.2. The highest BCUT2D eigenvalue weighted by atomic mass is 32.1. The lowest BCUT2D eigenvalue weighted by molar-refractivity contribution is -0.139. The van der Waals surface area contributed by atoms with E-state index < -0.39 is 102 Å². The highest BCUT2D eigenvalue weighted by molar-refractivity contribution is 7.12. The van der Waals surface area contributed by atoms with Gasteiger partial charge in [-0.3, -0.25) is 43.2 Å². The third kappa shape index (κ3) is 19.3. The number of benzene rings is 2. The first-order chi connectivity index (χ1) is 32.6. The second-order valence-corrected chi connectivity index (χ2v) is 19.3. The molecule has 1 heterocycles. The predicted octanol–water partition coefficient (Wildman–Crippen LogP) is 2.72. The van der Waals surface area contributed by atoms with Crippen molar-refractivity contribution in [2.24, 2.45) is 17.1 Å². The van der Waals surface area contributed by atoms with Gasteiger partial charge < -0.3 is 47.5 Å². The van der Waals surface area contributed by atoms with Crippen molar-refractivity contribution in [1.29, 1.82) is 0 Å². The summed E-state index contributed by atoms with van der Waals surface area (Å²) in [7, 11) is 0. The van der Waals surface area contributed by atoms with E-state index in [4.69, 9.17) is 10.5 Å². The number of thiophene rings is 1. The van der Waals surface area contributed by atoms with E-state index in [1.807, 2.05) is 39.8 Å². The van der Waals surface area contributed by atoms with Crippen molar-refractivity contribution in [2.45, 2.75) is 136 Å². The second-order valence-electron chi connectivity index (χ2n) is 18.4. The molecule has 9 N–H and O–H groups in total. The fourth-order valence-corrected chi connectivity index (χ4v) is 7.80. The number of aryl methyl sites for hydroxylation is 1. The van der Waals surface area contributed by atoms with Crippen molar-refractivity contribution < 1.29 is 53.0 Å². The molecule has 0 aliphatic heterocycles. The van der Waals surface area contributed by atoms with E-state index in [0.29, 0.717) is 23.3 Å². The zero-order valence-corrected chi connectivity index (χ0v) is 41.4. The van der Waals surface area contributed by atoms with Gasteiger partial charge in [0.25, 0.3) is 5.91 Å². The topological polar surface area (TPSA) is 281 Å². The minimum absolute atomic E-state index is 0.0328. The van der Waals surface area contributed by atoms with E-state index in [-0.39, 0.29) is 50.4 Å². The Morgan fingerprint density at radius 1 is 0.696 bits per heavy atom. The standard InChI is InChI=1S/C50H69N7O11S/c1-8-9-20-34(42(61)44(51)62)53-45(63)35(25-30(2)3)55-49(67)43(50(5,6)7)57-46(64)36(26-33-19-14-13-16-31(33)4)54-48(66)38(29-68-28-32-17-11-10-12-18-32)56-47(65)37(27-58)52-41(60)23-22-39(59)40-21-15-24-69-40/h10-19,21,24,30,34-38,43,58H,8-9,20,22-23,25-29H2,1-7H3,(H2,51,62)(H,52,60)(H,53,63)(H,54,66)(H,55,67)(H,56,65)(H,57,64)/t34?,35-,36-,37-,38+,43+/m0/s1. The molecule has 0 bridgehead atoms. The molecule has 0 saturated heterocycles. The molecule has 3 aromatic rings. The van der Waals surface area contributed by atoms with Crippen molar-refractivity contribution in [3.8, 4) is 0 Å². The Bertz CT molecular complexity index is 2210. The smallest absolute Gasteiger partial charge is 0.287 e. The summed E-state index contributed by atoms with van der Waals surface area (Å²) in [4.78, 5) is 121. The third-order valence-corrected chi connectivity index (χ3v) is 11.9. The summed E-state index contributed by atoms with van der Waals surface area (Å²) in [5.74, 6) is -7.30. The molecule has 1 unspecified atom stereocenters. The van der Waals surface area contributed by atoms with Crippen LogP contribution < -0.4 is 37.6 Å². The lowest BCUT2D eigenvalue weighted by Crippen LogP contribution is -2.62. The van der Waals surface area contributed by atoms with Crippen LogP contribution in [0.5, 0.6) is 0 Å². The maximum Gasteiger partial charge on any atom is 0.287 e. The van der Waals surface area contributed by atoms with Gasteiger partial charge in [0.05, 0.1) is 30.7 Å². The van der Waals surface area contributed by atoms with Gasteiger partial charge in [0, 0.05) is 19.3 Å². The average Bonchev–Trinajstić information content (AvgIpc) is 3.85. The molecule has 0 fully saturated rings. The SMILES string of the molecule is CCCCC(NC(=O)[C@H](CC(C)C)NC(=O)[C@@H](NC(=O)[C@H](Cc1ccccc1C)NC(=O)[C@@H](COCc1ccccc1)NC(=O)[C@H](CO)NC(=O)CCC(=O)c1cccs1)C(C)(C)C)C(=O)C(N)=O. The quantitative estimate of drug-likeness (QED) is 0.0370. The van der Waals surface area contributed by atoms with Gasteiger partial charge in [-0.15, -0.1) is 11.3 Å². The summed E-state index contributed by atoms with van der Waals surface area (Å²) in [5, 5.41) is 27.7. The number of carbonyl (C=O) groups excluding carboxylic acids is 9. The molecule has 19 heteroatoms. The fourth-order valence-electron chi connectivity index (χ4n) is 7.11. The Hall–Kier alpha value is -6.31. The van der Waals surface area contributed by atoms with Crippen LogP contribution in [0, 0.1) is 18.3 Å². The number of rotatable bonds is 29. The summed E-state index contributed by atoms with van der Waals surface area (Å²) in [6.45, 7) is 11.2. The molecule has 376 valence electrons. The Balaban J connectivity index is 1.91. The number of ketones is 2. The molecule has 0 aliphatic rings. The zero-order valence-electron chi connectivity index (χ0n) is 40.6. The highest BCUT2D eigenvalue weighted by Gasteiger charge is 2.38. The summed E-state index contributed by atoms with van der Waals surface area (Å²) >= 11 is 1.23. The number of amides is 7.